The van der Waals surface area contributed by atoms with Crippen LogP contribution in [0.1, 0.15) is 24.1 Å². The largest absolute Gasteiger partial charge is 0.486 e. The molecule has 0 saturated heterocycles. The van der Waals surface area contributed by atoms with Gasteiger partial charge in [-0.05, 0) is 30.7 Å². The van der Waals surface area contributed by atoms with E-state index in [1.807, 2.05) is 18.2 Å². The van der Waals surface area contributed by atoms with Gasteiger partial charge in [-0.2, -0.15) is 0 Å². The summed E-state index contributed by atoms with van der Waals surface area (Å²) in [6.07, 6.45) is 0. The molecule has 0 amide bonds. The molecule has 1 N–H and O–H groups in total. The second-order valence-electron chi connectivity index (χ2n) is 5.10. The van der Waals surface area contributed by atoms with Crippen molar-refractivity contribution in [2.45, 2.75) is 19.5 Å². The number of rotatable bonds is 4. The molecule has 1 aliphatic rings. The van der Waals surface area contributed by atoms with E-state index in [1.165, 1.54) is 12.1 Å². The van der Waals surface area contributed by atoms with Gasteiger partial charge in [-0.1, -0.05) is 24.3 Å². The van der Waals surface area contributed by atoms with Gasteiger partial charge in [0.25, 0.3) is 0 Å². The first-order chi connectivity index (χ1) is 10.2. The summed E-state index contributed by atoms with van der Waals surface area (Å²) in [5.41, 5.74) is 2.12. The predicted molar refractivity (Wildman–Crippen MR) is 79.1 cm³/mol. The van der Waals surface area contributed by atoms with Gasteiger partial charge in [0, 0.05) is 18.2 Å². The van der Waals surface area contributed by atoms with Gasteiger partial charge >= 0.3 is 0 Å². The topological polar surface area (TPSA) is 30.5 Å². The third-order valence-corrected chi connectivity index (χ3v) is 3.62. The van der Waals surface area contributed by atoms with Crippen molar-refractivity contribution >= 4 is 0 Å². The lowest BCUT2D eigenvalue weighted by Crippen LogP contribution is -2.21. The van der Waals surface area contributed by atoms with Crippen molar-refractivity contribution in [3.05, 3.63) is 59.4 Å². The summed E-state index contributed by atoms with van der Waals surface area (Å²) in [4.78, 5) is 0. The van der Waals surface area contributed by atoms with E-state index in [0.29, 0.717) is 19.8 Å². The highest BCUT2D eigenvalue weighted by Gasteiger charge is 2.16. The van der Waals surface area contributed by atoms with Crippen LogP contribution in [0.15, 0.2) is 42.5 Å². The minimum Gasteiger partial charge on any atom is -0.486 e. The molecule has 3 rings (SSSR count). The number of nitrogens with one attached hydrogen (secondary N) is 1. The summed E-state index contributed by atoms with van der Waals surface area (Å²) < 4.78 is 24.2. The number of para-hydroxylation sites is 1. The Morgan fingerprint density at radius 1 is 1.10 bits per heavy atom. The molecule has 0 aliphatic carbocycles. The zero-order chi connectivity index (χ0) is 14.7. The smallest absolute Gasteiger partial charge is 0.165 e. The fourth-order valence-corrected chi connectivity index (χ4v) is 2.41. The Kier molecular flexibility index (Phi) is 4.06. The van der Waals surface area contributed by atoms with Crippen LogP contribution in [0.5, 0.6) is 11.5 Å². The Hall–Kier alpha value is -2.07. The fraction of sp³-hybridized carbons (Fsp3) is 0.294. The van der Waals surface area contributed by atoms with Gasteiger partial charge in [0.15, 0.2) is 11.5 Å². The Morgan fingerprint density at radius 3 is 2.67 bits per heavy atom. The lowest BCUT2D eigenvalue weighted by Gasteiger charge is -2.22. The first-order valence-electron chi connectivity index (χ1n) is 7.10. The molecule has 21 heavy (non-hydrogen) atoms. The summed E-state index contributed by atoms with van der Waals surface area (Å²) in [5.74, 6) is 1.41. The Morgan fingerprint density at radius 2 is 1.86 bits per heavy atom. The molecule has 0 unspecified atom stereocenters. The van der Waals surface area contributed by atoms with Gasteiger partial charge in [0.2, 0.25) is 0 Å². The maximum absolute atomic E-state index is 12.9. The molecular weight excluding hydrogens is 269 g/mol. The van der Waals surface area contributed by atoms with Crippen molar-refractivity contribution in [2.24, 2.45) is 0 Å². The van der Waals surface area contributed by atoms with E-state index in [4.69, 9.17) is 9.47 Å². The van der Waals surface area contributed by atoms with Crippen LogP contribution in [-0.2, 0) is 6.54 Å². The van der Waals surface area contributed by atoms with E-state index in [-0.39, 0.29) is 11.9 Å². The molecule has 0 radical (unpaired) electrons. The summed E-state index contributed by atoms with van der Waals surface area (Å²) in [6.45, 7) is 3.90. The maximum Gasteiger partial charge on any atom is 0.165 e. The third kappa shape index (κ3) is 3.16. The predicted octanol–water partition coefficient (Wildman–Crippen LogP) is 3.45. The van der Waals surface area contributed by atoms with Gasteiger partial charge in [0.1, 0.15) is 19.0 Å². The summed E-state index contributed by atoms with van der Waals surface area (Å²) in [7, 11) is 0. The minimum absolute atomic E-state index is 0.131. The average Bonchev–Trinajstić information content (AvgIpc) is 2.53. The normalized spacial score (nSPS) is 14.8. The molecule has 3 nitrogen and oxygen atoms in total. The van der Waals surface area contributed by atoms with Crippen LogP contribution in [0.3, 0.4) is 0 Å². The molecule has 2 aromatic rings. The monoisotopic (exact) mass is 287 g/mol. The van der Waals surface area contributed by atoms with Gasteiger partial charge in [-0.25, -0.2) is 4.39 Å². The van der Waals surface area contributed by atoms with Gasteiger partial charge in [-0.15, -0.1) is 0 Å². The standard InChI is InChI=1S/C17H18FNO2/c1-12(13-5-7-15(18)8-6-13)19-11-14-3-2-4-16-17(14)21-10-9-20-16/h2-8,12,19H,9-11H2,1H3/t12-/m1/s1. The van der Waals surface area contributed by atoms with E-state index >= 15 is 0 Å². The number of benzene rings is 2. The van der Waals surface area contributed by atoms with Gasteiger partial charge < -0.3 is 14.8 Å². The Labute approximate surface area is 123 Å². The summed E-state index contributed by atoms with van der Waals surface area (Å²) in [5, 5.41) is 3.43. The lowest BCUT2D eigenvalue weighted by molar-refractivity contribution is 0.169. The fourth-order valence-electron chi connectivity index (χ4n) is 2.41. The highest BCUT2D eigenvalue weighted by molar-refractivity contribution is 5.47. The molecule has 0 saturated carbocycles. The average molecular weight is 287 g/mol. The van der Waals surface area contributed by atoms with Crippen molar-refractivity contribution in [3.8, 4) is 11.5 Å². The van der Waals surface area contributed by atoms with Crippen LogP contribution in [0.2, 0.25) is 0 Å². The molecule has 4 heteroatoms. The minimum atomic E-state index is -0.214. The summed E-state index contributed by atoms with van der Waals surface area (Å²) >= 11 is 0. The molecule has 1 atom stereocenters. The first-order valence-corrected chi connectivity index (χ1v) is 7.10. The van der Waals surface area contributed by atoms with Crippen LogP contribution in [0.4, 0.5) is 4.39 Å². The van der Waals surface area contributed by atoms with E-state index in [2.05, 4.69) is 12.2 Å². The number of hydrogen-bond acceptors (Lipinski definition) is 3. The number of hydrogen-bond donors (Lipinski definition) is 1. The Balaban J connectivity index is 1.69. The van der Waals surface area contributed by atoms with Gasteiger partial charge in [0.05, 0.1) is 0 Å². The van der Waals surface area contributed by atoms with Crippen molar-refractivity contribution < 1.29 is 13.9 Å². The zero-order valence-electron chi connectivity index (χ0n) is 11.9. The van der Waals surface area contributed by atoms with E-state index in [0.717, 1.165) is 22.6 Å². The number of halogens is 1. The molecule has 0 bridgehead atoms. The molecule has 0 aromatic heterocycles. The van der Waals surface area contributed by atoms with Crippen LogP contribution >= 0.6 is 0 Å². The van der Waals surface area contributed by atoms with Gasteiger partial charge in [-0.3, -0.25) is 0 Å². The van der Waals surface area contributed by atoms with E-state index < -0.39 is 0 Å². The zero-order valence-corrected chi connectivity index (χ0v) is 11.9. The molecule has 1 aliphatic heterocycles. The van der Waals surface area contributed by atoms with Crippen molar-refractivity contribution in [3.63, 3.8) is 0 Å². The number of fused-ring (bicyclic) bond motifs is 1. The molecule has 0 spiro atoms. The van der Waals surface area contributed by atoms with Crippen molar-refractivity contribution in [1.82, 2.24) is 5.32 Å². The molecule has 2 aromatic carbocycles. The quantitative estimate of drug-likeness (QED) is 0.934. The van der Waals surface area contributed by atoms with Crippen LogP contribution in [0, 0.1) is 5.82 Å². The third-order valence-electron chi connectivity index (χ3n) is 3.62. The highest BCUT2D eigenvalue weighted by atomic mass is 19.1. The van der Waals surface area contributed by atoms with E-state index in [9.17, 15) is 4.39 Å². The Bertz CT molecular complexity index is 613. The second-order valence-corrected chi connectivity index (χ2v) is 5.10. The van der Waals surface area contributed by atoms with Crippen LogP contribution in [-0.4, -0.2) is 13.2 Å². The first kappa shape index (κ1) is 13.9. The van der Waals surface area contributed by atoms with Crippen molar-refractivity contribution in [2.75, 3.05) is 13.2 Å². The van der Waals surface area contributed by atoms with Crippen molar-refractivity contribution in [1.29, 1.82) is 0 Å². The maximum atomic E-state index is 12.9. The SMILES string of the molecule is C[C@@H](NCc1cccc2c1OCCO2)c1ccc(F)cc1. The summed E-state index contributed by atoms with van der Waals surface area (Å²) in [6, 6.07) is 12.6. The molecule has 110 valence electrons. The van der Waals surface area contributed by atoms with Crippen LogP contribution < -0.4 is 14.8 Å². The molecule has 1 heterocycles. The number of ether oxygens (including phenoxy) is 2. The molecule has 0 fully saturated rings. The lowest BCUT2D eigenvalue weighted by atomic mass is 10.1. The van der Waals surface area contributed by atoms with E-state index in [1.54, 1.807) is 12.1 Å². The second kappa shape index (κ2) is 6.14. The molecular formula is C17H18FNO2. The van der Waals surface area contributed by atoms with Crippen LogP contribution in [0.25, 0.3) is 0 Å². The highest BCUT2D eigenvalue weighted by Crippen LogP contribution is 2.33.